The first-order chi connectivity index (χ1) is 9.79. The molecule has 1 saturated carbocycles. The molecule has 0 aliphatic heterocycles. The third-order valence-electron chi connectivity index (χ3n) is 4.49. The lowest BCUT2D eigenvalue weighted by Crippen LogP contribution is -2.15. The Kier molecular flexibility index (Phi) is 3.77. The van der Waals surface area contributed by atoms with Crippen molar-refractivity contribution in [3.63, 3.8) is 0 Å². The molecule has 1 amide bonds. The maximum absolute atomic E-state index is 12.4. The predicted octanol–water partition coefficient (Wildman–Crippen LogP) is 3.63. The molecule has 1 N–H and O–H groups in total. The third-order valence-corrected chi connectivity index (χ3v) is 4.49. The molecule has 0 radical (unpaired) electrons. The van der Waals surface area contributed by atoms with Crippen LogP contribution in [0.2, 0.25) is 0 Å². The number of benzene rings is 1. The Morgan fingerprint density at radius 2 is 1.70 bits per heavy atom. The number of allylic oxidation sites excluding steroid dienone is 2. The van der Waals surface area contributed by atoms with Crippen LogP contribution in [0.3, 0.4) is 0 Å². The highest BCUT2D eigenvalue weighted by molar-refractivity contribution is 5.94. The standard InChI is InChI=1S/C17H21NO2/c1-20-13-10-8-12(9-11-13)18-17(19)16-14-6-4-2-3-5-7-15(14)16/h2-3,8-11,14-16H,4-7H2,1H3,(H,18,19)/t14-,15-/m0/s1. The van der Waals surface area contributed by atoms with Crippen molar-refractivity contribution >= 4 is 11.6 Å². The van der Waals surface area contributed by atoms with Gasteiger partial charge in [-0.3, -0.25) is 4.79 Å². The van der Waals surface area contributed by atoms with Crippen molar-refractivity contribution in [3.8, 4) is 5.75 Å². The van der Waals surface area contributed by atoms with Gasteiger partial charge in [0, 0.05) is 11.6 Å². The number of nitrogens with one attached hydrogen (secondary N) is 1. The summed E-state index contributed by atoms with van der Waals surface area (Å²) in [5, 5.41) is 3.04. The van der Waals surface area contributed by atoms with E-state index in [1.165, 1.54) is 0 Å². The normalized spacial score (nSPS) is 27.9. The largest absolute Gasteiger partial charge is 0.497 e. The van der Waals surface area contributed by atoms with Crippen LogP contribution in [-0.2, 0) is 4.79 Å². The molecular weight excluding hydrogens is 250 g/mol. The molecule has 0 unspecified atom stereocenters. The monoisotopic (exact) mass is 271 g/mol. The van der Waals surface area contributed by atoms with E-state index in [0.29, 0.717) is 11.8 Å². The highest BCUT2D eigenvalue weighted by Gasteiger charge is 2.53. The summed E-state index contributed by atoms with van der Waals surface area (Å²) in [4.78, 5) is 12.4. The number of rotatable bonds is 3. The van der Waals surface area contributed by atoms with Crippen LogP contribution in [0.25, 0.3) is 0 Å². The molecule has 0 heterocycles. The molecule has 2 atom stereocenters. The summed E-state index contributed by atoms with van der Waals surface area (Å²) in [6.07, 6.45) is 9.06. The quantitative estimate of drug-likeness (QED) is 0.853. The van der Waals surface area contributed by atoms with Crippen LogP contribution in [0.15, 0.2) is 36.4 Å². The van der Waals surface area contributed by atoms with E-state index in [-0.39, 0.29) is 11.8 Å². The first-order valence-electron chi connectivity index (χ1n) is 7.39. The van der Waals surface area contributed by atoms with Crippen molar-refractivity contribution in [2.45, 2.75) is 25.7 Å². The van der Waals surface area contributed by atoms with E-state index in [1.807, 2.05) is 24.3 Å². The van der Waals surface area contributed by atoms with E-state index in [1.54, 1.807) is 7.11 Å². The van der Waals surface area contributed by atoms with Crippen molar-refractivity contribution in [1.29, 1.82) is 0 Å². The lowest BCUT2D eigenvalue weighted by molar-refractivity contribution is -0.117. The molecular formula is C17H21NO2. The Bertz CT molecular complexity index is 490. The molecule has 20 heavy (non-hydrogen) atoms. The fourth-order valence-electron chi connectivity index (χ4n) is 3.33. The molecule has 2 aliphatic carbocycles. The molecule has 1 fully saturated rings. The number of hydrogen-bond donors (Lipinski definition) is 1. The van der Waals surface area contributed by atoms with Crippen LogP contribution in [0.5, 0.6) is 5.75 Å². The molecule has 3 rings (SSSR count). The second-order valence-corrected chi connectivity index (χ2v) is 5.70. The maximum atomic E-state index is 12.4. The second-order valence-electron chi connectivity index (χ2n) is 5.70. The number of ether oxygens (including phenoxy) is 1. The minimum atomic E-state index is 0.187. The average molecular weight is 271 g/mol. The van der Waals surface area contributed by atoms with Gasteiger partial charge in [0.1, 0.15) is 5.75 Å². The van der Waals surface area contributed by atoms with E-state index in [0.717, 1.165) is 37.1 Å². The number of amides is 1. The zero-order valence-corrected chi connectivity index (χ0v) is 11.8. The average Bonchev–Trinajstić information content (AvgIpc) is 3.11. The smallest absolute Gasteiger partial charge is 0.228 e. The highest BCUT2D eigenvalue weighted by atomic mass is 16.5. The molecule has 2 aliphatic rings. The molecule has 3 nitrogen and oxygen atoms in total. The van der Waals surface area contributed by atoms with Crippen LogP contribution in [0.1, 0.15) is 25.7 Å². The minimum absolute atomic E-state index is 0.187. The van der Waals surface area contributed by atoms with Crippen molar-refractivity contribution in [2.24, 2.45) is 17.8 Å². The highest BCUT2D eigenvalue weighted by Crippen LogP contribution is 2.53. The molecule has 106 valence electrons. The van der Waals surface area contributed by atoms with Crippen LogP contribution < -0.4 is 10.1 Å². The van der Waals surface area contributed by atoms with Crippen LogP contribution in [0, 0.1) is 17.8 Å². The maximum Gasteiger partial charge on any atom is 0.228 e. The Labute approximate surface area is 120 Å². The molecule has 1 aromatic rings. The SMILES string of the molecule is COc1ccc(NC(=O)C2[C@H]3CCC=CCC[C@H]23)cc1. The molecule has 0 spiro atoms. The van der Waals surface area contributed by atoms with Gasteiger partial charge >= 0.3 is 0 Å². The summed E-state index contributed by atoms with van der Waals surface area (Å²) in [5.74, 6) is 2.41. The van der Waals surface area contributed by atoms with Crippen molar-refractivity contribution in [3.05, 3.63) is 36.4 Å². The van der Waals surface area contributed by atoms with Crippen molar-refractivity contribution in [2.75, 3.05) is 12.4 Å². The molecule has 0 bridgehead atoms. The number of carbonyl (C=O) groups excluding carboxylic acids is 1. The van der Waals surface area contributed by atoms with Gasteiger partial charge in [0.05, 0.1) is 7.11 Å². The Morgan fingerprint density at radius 1 is 1.10 bits per heavy atom. The molecule has 0 saturated heterocycles. The van der Waals surface area contributed by atoms with E-state index in [9.17, 15) is 4.79 Å². The van der Waals surface area contributed by atoms with Crippen LogP contribution in [0.4, 0.5) is 5.69 Å². The number of hydrogen-bond acceptors (Lipinski definition) is 2. The van der Waals surface area contributed by atoms with Gasteiger partial charge in [-0.25, -0.2) is 0 Å². The molecule has 1 aromatic carbocycles. The predicted molar refractivity (Wildman–Crippen MR) is 79.7 cm³/mol. The Morgan fingerprint density at radius 3 is 2.25 bits per heavy atom. The topological polar surface area (TPSA) is 38.3 Å². The van der Waals surface area contributed by atoms with Gasteiger partial charge in [0.15, 0.2) is 0 Å². The fourth-order valence-corrected chi connectivity index (χ4v) is 3.33. The van der Waals surface area contributed by atoms with Gasteiger partial charge in [-0.1, -0.05) is 12.2 Å². The summed E-state index contributed by atoms with van der Waals surface area (Å²) < 4.78 is 5.12. The zero-order chi connectivity index (χ0) is 13.9. The van der Waals surface area contributed by atoms with Gasteiger partial charge in [-0.2, -0.15) is 0 Å². The van der Waals surface area contributed by atoms with Crippen molar-refractivity contribution < 1.29 is 9.53 Å². The van der Waals surface area contributed by atoms with Crippen LogP contribution >= 0.6 is 0 Å². The van der Waals surface area contributed by atoms with E-state index < -0.39 is 0 Å². The van der Waals surface area contributed by atoms with E-state index in [4.69, 9.17) is 4.74 Å². The summed E-state index contributed by atoms with van der Waals surface area (Å²) in [5.41, 5.74) is 0.855. The lowest BCUT2D eigenvalue weighted by atomic mass is 10.1. The fraction of sp³-hybridized carbons (Fsp3) is 0.471. The summed E-state index contributed by atoms with van der Waals surface area (Å²) in [6, 6.07) is 7.52. The first kappa shape index (κ1) is 13.2. The zero-order valence-electron chi connectivity index (χ0n) is 11.8. The minimum Gasteiger partial charge on any atom is -0.497 e. The summed E-state index contributed by atoms with van der Waals surface area (Å²) >= 11 is 0. The number of anilines is 1. The molecule has 3 heteroatoms. The third kappa shape index (κ3) is 2.72. The Hall–Kier alpha value is -1.77. The van der Waals surface area contributed by atoms with Gasteiger partial charge in [0.2, 0.25) is 5.91 Å². The second kappa shape index (κ2) is 5.70. The summed E-state index contributed by atoms with van der Waals surface area (Å²) in [6.45, 7) is 0. The number of carbonyl (C=O) groups is 1. The van der Waals surface area contributed by atoms with Gasteiger partial charge in [-0.15, -0.1) is 0 Å². The van der Waals surface area contributed by atoms with Crippen LogP contribution in [-0.4, -0.2) is 13.0 Å². The number of methoxy groups -OCH3 is 1. The van der Waals surface area contributed by atoms with Gasteiger partial charge < -0.3 is 10.1 Å². The number of fused-ring (bicyclic) bond motifs is 1. The first-order valence-corrected chi connectivity index (χ1v) is 7.39. The summed E-state index contributed by atoms with van der Waals surface area (Å²) in [7, 11) is 1.64. The van der Waals surface area contributed by atoms with Gasteiger partial charge in [0.25, 0.3) is 0 Å². The van der Waals surface area contributed by atoms with E-state index in [2.05, 4.69) is 17.5 Å². The van der Waals surface area contributed by atoms with Crippen molar-refractivity contribution in [1.82, 2.24) is 0 Å². The molecule has 0 aromatic heterocycles. The Balaban J connectivity index is 1.59. The lowest BCUT2D eigenvalue weighted by Gasteiger charge is -2.06. The van der Waals surface area contributed by atoms with Gasteiger partial charge in [-0.05, 0) is 61.8 Å². The van der Waals surface area contributed by atoms with E-state index >= 15 is 0 Å².